The van der Waals surface area contributed by atoms with E-state index in [4.69, 9.17) is 5.73 Å². The van der Waals surface area contributed by atoms with E-state index in [0.717, 1.165) is 24.3 Å². The summed E-state index contributed by atoms with van der Waals surface area (Å²) in [7, 11) is 0. The molecule has 3 aromatic rings. The van der Waals surface area contributed by atoms with E-state index in [1.165, 1.54) is 28.0 Å². The first kappa shape index (κ1) is 19.2. The molecule has 1 aliphatic heterocycles. The Morgan fingerprint density at radius 1 is 1.21 bits per heavy atom. The van der Waals surface area contributed by atoms with Crippen molar-refractivity contribution in [2.45, 2.75) is 30.6 Å². The van der Waals surface area contributed by atoms with Crippen LogP contribution < -0.4 is 5.73 Å². The van der Waals surface area contributed by atoms with Crippen molar-refractivity contribution in [3.05, 3.63) is 39.9 Å². The van der Waals surface area contributed by atoms with Gasteiger partial charge in [0.2, 0.25) is 11.8 Å². The molecule has 1 aliphatic rings. The van der Waals surface area contributed by atoms with Crippen LogP contribution in [0.4, 0.5) is 0 Å². The number of likely N-dealkylation sites (tertiary alicyclic amines) is 1. The third-order valence-corrected chi connectivity index (χ3v) is 7.33. The first-order valence-electron chi connectivity index (χ1n) is 8.84. The highest BCUT2D eigenvalue weighted by atomic mass is 32.2. The summed E-state index contributed by atoms with van der Waals surface area (Å²) in [5.41, 5.74) is 5.41. The van der Waals surface area contributed by atoms with Crippen LogP contribution in [0.25, 0.3) is 10.7 Å². The minimum atomic E-state index is -0.469. The molecule has 7 nitrogen and oxygen atoms in total. The Labute approximate surface area is 174 Å². The lowest BCUT2D eigenvalue weighted by atomic mass is 10.2. The minimum Gasteiger partial charge on any atom is -0.368 e. The van der Waals surface area contributed by atoms with Crippen LogP contribution in [0.2, 0.25) is 0 Å². The summed E-state index contributed by atoms with van der Waals surface area (Å²) in [6.07, 6.45) is 2.01. The van der Waals surface area contributed by atoms with Gasteiger partial charge in [-0.15, -0.1) is 32.9 Å². The fraction of sp³-hybridized carbons (Fsp3) is 0.333. The highest BCUT2D eigenvalue weighted by Crippen LogP contribution is 2.35. The van der Waals surface area contributed by atoms with Gasteiger partial charge in [0.15, 0.2) is 11.0 Å². The first-order valence-corrected chi connectivity index (χ1v) is 11.6. The van der Waals surface area contributed by atoms with Gasteiger partial charge in [0.05, 0.1) is 16.7 Å². The van der Waals surface area contributed by atoms with Crippen LogP contribution in [-0.4, -0.2) is 43.8 Å². The quantitative estimate of drug-likeness (QED) is 0.578. The summed E-state index contributed by atoms with van der Waals surface area (Å²) in [5.74, 6) is 0.458. The molecule has 146 valence electrons. The van der Waals surface area contributed by atoms with Crippen molar-refractivity contribution in [2.24, 2.45) is 5.73 Å². The number of rotatable bonds is 7. The zero-order chi connectivity index (χ0) is 19.5. The van der Waals surface area contributed by atoms with Crippen molar-refractivity contribution >= 4 is 46.2 Å². The number of aromatic nitrogens is 3. The number of primary amides is 1. The summed E-state index contributed by atoms with van der Waals surface area (Å²) in [6, 6.07) is 8.11. The zero-order valence-corrected chi connectivity index (χ0v) is 17.4. The number of thioether (sulfide) groups is 1. The van der Waals surface area contributed by atoms with Crippen molar-refractivity contribution in [2.75, 3.05) is 12.3 Å². The van der Waals surface area contributed by atoms with Gasteiger partial charge in [-0.05, 0) is 35.7 Å². The number of carbonyl (C=O) groups is 2. The lowest BCUT2D eigenvalue weighted by Crippen LogP contribution is -2.31. The monoisotopic (exact) mass is 433 g/mol. The number of nitrogens with two attached hydrogens (primary N) is 1. The van der Waals surface area contributed by atoms with E-state index in [0.29, 0.717) is 11.0 Å². The summed E-state index contributed by atoms with van der Waals surface area (Å²) in [5, 5.41) is 12.9. The van der Waals surface area contributed by atoms with Crippen LogP contribution in [0.1, 0.15) is 23.8 Å². The predicted molar refractivity (Wildman–Crippen MR) is 111 cm³/mol. The number of thiophene rings is 2. The number of amides is 2. The van der Waals surface area contributed by atoms with E-state index in [1.54, 1.807) is 15.9 Å². The average Bonchev–Trinajstić information content (AvgIpc) is 3.46. The third kappa shape index (κ3) is 3.98. The Morgan fingerprint density at radius 2 is 2.04 bits per heavy atom. The molecule has 4 rings (SSSR count). The summed E-state index contributed by atoms with van der Waals surface area (Å²) in [4.78, 5) is 28.5. The summed E-state index contributed by atoms with van der Waals surface area (Å²) < 4.78 is 1.69. The van der Waals surface area contributed by atoms with Crippen LogP contribution in [0.15, 0.2) is 40.2 Å². The van der Waals surface area contributed by atoms with E-state index in [9.17, 15) is 9.59 Å². The number of carbonyl (C=O) groups excluding carboxylic acids is 2. The van der Waals surface area contributed by atoms with Crippen molar-refractivity contribution in [3.8, 4) is 10.7 Å². The molecule has 2 N–H and O–H groups in total. The second-order valence-electron chi connectivity index (χ2n) is 6.39. The molecule has 1 fully saturated rings. The molecule has 0 aromatic carbocycles. The maximum Gasteiger partial charge on any atom is 0.237 e. The van der Waals surface area contributed by atoms with Gasteiger partial charge in [0.1, 0.15) is 6.54 Å². The third-order valence-electron chi connectivity index (χ3n) is 4.54. The molecule has 0 unspecified atom stereocenters. The van der Waals surface area contributed by atoms with Crippen LogP contribution in [-0.2, 0) is 16.1 Å². The molecule has 0 bridgehead atoms. The lowest BCUT2D eigenvalue weighted by Gasteiger charge is -2.23. The smallest absolute Gasteiger partial charge is 0.237 e. The fourth-order valence-electron chi connectivity index (χ4n) is 3.33. The first-order chi connectivity index (χ1) is 13.6. The molecule has 3 aromatic heterocycles. The number of hydrogen-bond acceptors (Lipinski definition) is 7. The standard InChI is InChI=1S/C18H19N5O2S3/c19-15(24)10-23-17(14-6-3-9-27-14)20-21-18(23)28-11-16(25)22-7-1-4-12(22)13-5-2-8-26-13/h2-3,5-6,8-9,12H,1,4,7,10-11H2,(H2,19,24)/t12-/m0/s1. The van der Waals surface area contributed by atoms with Gasteiger partial charge in [0, 0.05) is 11.4 Å². The molecule has 4 heterocycles. The molecule has 0 spiro atoms. The van der Waals surface area contributed by atoms with Crippen LogP contribution >= 0.6 is 34.4 Å². The SMILES string of the molecule is NC(=O)Cn1c(SCC(=O)N2CCC[C@H]2c2cccs2)nnc1-c1cccs1. The molecule has 0 saturated carbocycles. The van der Waals surface area contributed by atoms with Crippen LogP contribution in [0.3, 0.4) is 0 Å². The molecule has 1 atom stereocenters. The van der Waals surface area contributed by atoms with E-state index < -0.39 is 5.91 Å². The number of nitrogens with zero attached hydrogens (tertiary/aromatic N) is 4. The molecule has 0 aliphatic carbocycles. The Hall–Kier alpha value is -2.17. The Morgan fingerprint density at radius 3 is 2.75 bits per heavy atom. The van der Waals surface area contributed by atoms with Crippen molar-refractivity contribution in [3.63, 3.8) is 0 Å². The molecule has 1 saturated heterocycles. The van der Waals surface area contributed by atoms with Gasteiger partial charge in [-0.2, -0.15) is 0 Å². The van der Waals surface area contributed by atoms with Gasteiger partial charge in [-0.1, -0.05) is 23.9 Å². The Kier molecular flexibility index (Phi) is 5.79. The van der Waals surface area contributed by atoms with Gasteiger partial charge >= 0.3 is 0 Å². The zero-order valence-electron chi connectivity index (χ0n) is 15.0. The minimum absolute atomic E-state index is 0.0156. The lowest BCUT2D eigenvalue weighted by molar-refractivity contribution is -0.129. The Balaban J connectivity index is 1.48. The van der Waals surface area contributed by atoms with Gasteiger partial charge in [-0.3, -0.25) is 14.2 Å². The fourth-order valence-corrected chi connectivity index (χ4v) is 5.75. The topological polar surface area (TPSA) is 94.1 Å². The Bertz CT molecular complexity index is 952. The predicted octanol–water partition coefficient (Wildman–Crippen LogP) is 3.01. The normalized spacial score (nSPS) is 16.6. The molecular weight excluding hydrogens is 414 g/mol. The largest absolute Gasteiger partial charge is 0.368 e. The maximum absolute atomic E-state index is 12.9. The van der Waals surface area contributed by atoms with E-state index in [1.807, 2.05) is 33.9 Å². The van der Waals surface area contributed by atoms with Crippen LogP contribution in [0.5, 0.6) is 0 Å². The van der Waals surface area contributed by atoms with Gasteiger partial charge < -0.3 is 10.6 Å². The van der Waals surface area contributed by atoms with Crippen LogP contribution in [0, 0.1) is 0 Å². The molecule has 2 amide bonds. The highest BCUT2D eigenvalue weighted by Gasteiger charge is 2.30. The molecule has 10 heteroatoms. The van der Waals surface area contributed by atoms with Gasteiger partial charge in [0.25, 0.3) is 0 Å². The molecule has 0 radical (unpaired) electrons. The van der Waals surface area contributed by atoms with Crippen molar-refractivity contribution in [1.82, 2.24) is 19.7 Å². The van der Waals surface area contributed by atoms with Crippen molar-refractivity contribution < 1.29 is 9.59 Å². The second kappa shape index (κ2) is 8.46. The van der Waals surface area contributed by atoms with E-state index in [-0.39, 0.29) is 24.2 Å². The second-order valence-corrected chi connectivity index (χ2v) is 9.25. The summed E-state index contributed by atoms with van der Waals surface area (Å²) >= 11 is 4.50. The van der Waals surface area contributed by atoms with Gasteiger partial charge in [-0.25, -0.2) is 0 Å². The molecule has 28 heavy (non-hydrogen) atoms. The van der Waals surface area contributed by atoms with E-state index >= 15 is 0 Å². The molecular formula is C18H19N5O2S3. The summed E-state index contributed by atoms with van der Waals surface area (Å²) in [6.45, 7) is 0.759. The van der Waals surface area contributed by atoms with E-state index in [2.05, 4.69) is 16.3 Å². The highest BCUT2D eigenvalue weighted by molar-refractivity contribution is 7.99. The average molecular weight is 434 g/mol. The van der Waals surface area contributed by atoms with Crippen molar-refractivity contribution in [1.29, 1.82) is 0 Å². The maximum atomic E-state index is 12.9. The number of hydrogen-bond donors (Lipinski definition) is 1.